The molecule has 2 nitrogen and oxygen atoms in total. The van der Waals surface area contributed by atoms with Crippen LogP contribution in [0.5, 0.6) is 0 Å². The average molecular weight is 230 g/mol. The third-order valence-corrected chi connectivity index (χ3v) is 2.83. The van der Waals surface area contributed by atoms with Gasteiger partial charge in [-0.1, -0.05) is 6.92 Å². The zero-order valence-electron chi connectivity index (χ0n) is 8.81. The number of hydrogen-bond donors (Lipinski definition) is 2. The molecule has 0 aliphatic heterocycles. The van der Waals surface area contributed by atoms with Crippen LogP contribution in [0.25, 0.3) is 0 Å². The Kier molecular flexibility index (Phi) is 2.48. The van der Waals surface area contributed by atoms with Crippen LogP contribution < -0.4 is 11.1 Å². The summed E-state index contributed by atoms with van der Waals surface area (Å²) in [4.78, 5) is 0. The molecule has 1 aromatic carbocycles. The summed E-state index contributed by atoms with van der Waals surface area (Å²) in [6.45, 7) is 2.08. The quantitative estimate of drug-likeness (QED) is 0.766. The van der Waals surface area contributed by atoms with Gasteiger partial charge in [-0.3, -0.25) is 0 Å². The van der Waals surface area contributed by atoms with Gasteiger partial charge in [0.25, 0.3) is 0 Å². The van der Waals surface area contributed by atoms with Gasteiger partial charge in [-0.15, -0.1) is 0 Å². The fourth-order valence-corrected chi connectivity index (χ4v) is 1.59. The Balaban J connectivity index is 2.16. The van der Waals surface area contributed by atoms with Crippen molar-refractivity contribution >= 4 is 11.4 Å². The van der Waals surface area contributed by atoms with E-state index in [-0.39, 0.29) is 5.69 Å². The molecule has 0 radical (unpaired) electrons. The second-order valence-corrected chi connectivity index (χ2v) is 4.26. The molecule has 5 heteroatoms. The summed E-state index contributed by atoms with van der Waals surface area (Å²) in [6, 6.07) is 3.75. The molecular weight excluding hydrogens is 217 g/mol. The lowest BCUT2D eigenvalue weighted by Crippen LogP contribution is -2.09. The van der Waals surface area contributed by atoms with Gasteiger partial charge >= 0.3 is 6.18 Å². The van der Waals surface area contributed by atoms with Gasteiger partial charge < -0.3 is 11.1 Å². The molecule has 2 atom stereocenters. The second-order valence-electron chi connectivity index (χ2n) is 4.26. The minimum absolute atomic E-state index is 0.147. The molecule has 0 heterocycles. The van der Waals surface area contributed by atoms with Crippen LogP contribution in [-0.4, -0.2) is 6.04 Å². The molecule has 0 aromatic heterocycles. The van der Waals surface area contributed by atoms with Crippen LogP contribution in [0.1, 0.15) is 18.9 Å². The Labute approximate surface area is 91.6 Å². The Morgan fingerprint density at radius 3 is 2.44 bits per heavy atom. The topological polar surface area (TPSA) is 38.0 Å². The largest absolute Gasteiger partial charge is 0.416 e. The molecule has 1 aliphatic rings. The number of rotatable bonds is 2. The summed E-state index contributed by atoms with van der Waals surface area (Å²) in [5.74, 6) is 0.571. The first-order valence-corrected chi connectivity index (χ1v) is 5.11. The first-order chi connectivity index (χ1) is 7.38. The molecular formula is C11H13F3N2. The molecule has 3 N–H and O–H groups in total. The summed E-state index contributed by atoms with van der Waals surface area (Å²) in [5.41, 5.74) is 5.60. The minimum Gasteiger partial charge on any atom is -0.397 e. The SMILES string of the molecule is CC1CC1Nc1ccc(C(F)(F)F)cc1N. The molecule has 1 aliphatic carbocycles. The fraction of sp³-hybridized carbons (Fsp3) is 0.455. The second kappa shape index (κ2) is 3.57. The van der Waals surface area contributed by atoms with Crippen molar-refractivity contribution in [1.29, 1.82) is 0 Å². The maximum absolute atomic E-state index is 12.4. The average Bonchev–Trinajstić information content (AvgIpc) is 2.84. The zero-order chi connectivity index (χ0) is 11.9. The van der Waals surface area contributed by atoms with Gasteiger partial charge in [0.05, 0.1) is 16.9 Å². The molecule has 0 bridgehead atoms. The van der Waals surface area contributed by atoms with Crippen molar-refractivity contribution < 1.29 is 13.2 Å². The van der Waals surface area contributed by atoms with Crippen molar-refractivity contribution in [1.82, 2.24) is 0 Å². The van der Waals surface area contributed by atoms with Crippen LogP contribution in [-0.2, 0) is 6.18 Å². The van der Waals surface area contributed by atoms with E-state index in [4.69, 9.17) is 5.73 Å². The highest BCUT2D eigenvalue weighted by atomic mass is 19.4. The minimum atomic E-state index is -4.33. The molecule has 2 rings (SSSR count). The molecule has 0 spiro atoms. The molecule has 2 unspecified atom stereocenters. The standard InChI is InChI=1S/C11H13F3N2/c1-6-4-10(6)16-9-3-2-7(5-8(9)15)11(12,13)14/h2-3,5-6,10,16H,4,15H2,1H3. The molecule has 0 saturated heterocycles. The van der Waals surface area contributed by atoms with Gasteiger partial charge in [0.2, 0.25) is 0 Å². The normalized spacial score (nSPS) is 24.2. The molecule has 1 fully saturated rings. The molecule has 16 heavy (non-hydrogen) atoms. The molecule has 1 aromatic rings. The number of nitrogens with one attached hydrogen (secondary N) is 1. The number of alkyl halides is 3. The zero-order valence-corrected chi connectivity index (χ0v) is 8.81. The van der Waals surface area contributed by atoms with E-state index < -0.39 is 11.7 Å². The summed E-state index contributed by atoms with van der Waals surface area (Å²) < 4.78 is 37.1. The first-order valence-electron chi connectivity index (χ1n) is 5.11. The van der Waals surface area contributed by atoms with Crippen molar-refractivity contribution in [3.05, 3.63) is 23.8 Å². The van der Waals surface area contributed by atoms with Crippen LogP contribution in [0.3, 0.4) is 0 Å². The summed E-state index contributed by atoms with van der Waals surface area (Å²) in [5, 5.41) is 3.12. The lowest BCUT2D eigenvalue weighted by atomic mass is 10.1. The number of halogens is 3. The number of nitrogens with two attached hydrogens (primary N) is 1. The third kappa shape index (κ3) is 2.23. The Bertz CT molecular complexity index is 401. The summed E-state index contributed by atoms with van der Waals surface area (Å²) in [7, 11) is 0. The van der Waals surface area contributed by atoms with Gasteiger partial charge in [0, 0.05) is 6.04 Å². The number of hydrogen-bond acceptors (Lipinski definition) is 2. The van der Waals surface area contributed by atoms with Crippen molar-refractivity contribution in [3.8, 4) is 0 Å². The van der Waals surface area contributed by atoms with E-state index in [1.165, 1.54) is 6.07 Å². The number of nitrogen functional groups attached to an aromatic ring is 1. The molecule has 1 saturated carbocycles. The Hall–Kier alpha value is -1.39. The van der Waals surface area contributed by atoms with E-state index in [1.807, 2.05) is 0 Å². The Morgan fingerprint density at radius 2 is 2.00 bits per heavy atom. The highest BCUT2D eigenvalue weighted by Crippen LogP contribution is 2.36. The fourth-order valence-electron chi connectivity index (χ4n) is 1.59. The highest BCUT2D eigenvalue weighted by Gasteiger charge is 2.34. The van der Waals surface area contributed by atoms with Crippen LogP contribution in [0.4, 0.5) is 24.5 Å². The lowest BCUT2D eigenvalue weighted by Gasteiger charge is -2.12. The monoisotopic (exact) mass is 230 g/mol. The molecule has 0 amide bonds. The van der Waals surface area contributed by atoms with E-state index in [9.17, 15) is 13.2 Å². The first kappa shape index (κ1) is 11.1. The van der Waals surface area contributed by atoms with Crippen LogP contribution in [0.15, 0.2) is 18.2 Å². The maximum Gasteiger partial charge on any atom is 0.416 e. The highest BCUT2D eigenvalue weighted by molar-refractivity contribution is 5.68. The number of benzene rings is 1. The van der Waals surface area contributed by atoms with Crippen LogP contribution in [0, 0.1) is 5.92 Å². The summed E-state index contributed by atoms with van der Waals surface area (Å²) >= 11 is 0. The maximum atomic E-state index is 12.4. The van der Waals surface area contributed by atoms with Crippen molar-refractivity contribution in [2.24, 2.45) is 5.92 Å². The van der Waals surface area contributed by atoms with Gasteiger partial charge in [-0.25, -0.2) is 0 Å². The lowest BCUT2D eigenvalue weighted by molar-refractivity contribution is -0.137. The smallest absolute Gasteiger partial charge is 0.397 e. The van der Waals surface area contributed by atoms with Gasteiger partial charge in [0.1, 0.15) is 0 Å². The van der Waals surface area contributed by atoms with Crippen molar-refractivity contribution in [2.75, 3.05) is 11.1 Å². The predicted molar refractivity (Wildman–Crippen MR) is 57.0 cm³/mol. The van der Waals surface area contributed by atoms with E-state index >= 15 is 0 Å². The van der Waals surface area contributed by atoms with E-state index in [0.29, 0.717) is 17.6 Å². The van der Waals surface area contributed by atoms with Crippen molar-refractivity contribution in [3.63, 3.8) is 0 Å². The van der Waals surface area contributed by atoms with E-state index in [1.54, 1.807) is 0 Å². The van der Waals surface area contributed by atoms with Crippen LogP contribution in [0.2, 0.25) is 0 Å². The van der Waals surface area contributed by atoms with Crippen molar-refractivity contribution in [2.45, 2.75) is 25.6 Å². The third-order valence-electron chi connectivity index (χ3n) is 2.83. The van der Waals surface area contributed by atoms with E-state index in [2.05, 4.69) is 12.2 Å². The number of anilines is 2. The van der Waals surface area contributed by atoms with Crippen LogP contribution >= 0.6 is 0 Å². The van der Waals surface area contributed by atoms with Gasteiger partial charge in [-0.2, -0.15) is 13.2 Å². The summed E-state index contributed by atoms with van der Waals surface area (Å²) in [6.07, 6.45) is -3.29. The Morgan fingerprint density at radius 1 is 1.38 bits per heavy atom. The predicted octanol–water partition coefficient (Wildman–Crippen LogP) is 3.11. The van der Waals surface area contributed by atoms with Gasteiger partial charge in [-0.05, 0) is 30.5 Å². The van der Waals surface area contributed by atoms with Gasteiger partial charge in [0.15, 0.2) is 0 Å². The molecule has 88 valence electrons. The van der Waals surface area contributed by atoms with E-state index in [0.717, 1.165) is 18.6 Å².